The first kappa shape index (κ1) is 52.4. The molecule has 0 heterocycles. The van der Waals surface area contributed by atoms with Crippen LogP contribution in [-0.4, -0.2) is 6.88 Å². The van der Waals surface area contributed by atoms with Crippen molar-refractivity contribution in [1.29, 1.82) is 0 Å². The summed E-state index contributed by atoms with van der Waals surface area (Å²) in [5.74, 6) is 3.40. The molecular formula is C58H74Cl2SiZr-4. The van der Waals surface area contributed by atoms with Gasteiger partial charge >= 0.3 is 30.2 Å². The van der Waals surface area contributed by atoms with Gasteiger partial charge in [-0.05, 0) is 84.5 Å². The van der Waals surface area contributed by atoms with Crippen LogP contribution in [0.4, 0.5) is 0 Å². The van der Waals surface area contributed by atoms with Gasteiger partial charge in [-0.25, -0.2) is 0 Å². The van der Waals surface area contributed by atoms with Gasteiger partial charge in [-0.1, -0.05) is 175 Å². The minimum atomic E-state index is 0. The average Bonchev–Trinajstić information content (AvgIpc) is 3.92. The molecule has 4 fully saturated rings. The summed E-state index contributed by atoms with van der Waals surface area (Å²) in [6, 6.07) is 42.6. The Hall–Kier alpha value is -2.22. The monoisotopic (exact) mass is 958 g/mol. The molecule has 0 aromatic heterocycles. The van der Waals surface area contributed by atoms with Crippen molar-refractivity contribution in [1.82, 2.24) is 0 Å². The van der Waals surface area contributed by atoms with Crippen molar-refractivity contribution in [2.75, 3.05) is 0 Å². The van der Waals surface area contributed by atoms with E-state index in [1.54, 1.807) is 22.3 Å². The molecule has 6 aromatic rings. The molecule has 0 bridgehead atoms. The van der Waals surface area contributed by atoms with E-state index in [0.29, 0.717) is 0 Å². The molecule has 4 aliphatic carbocycles. The van der Waals surface area contributed by atoms with Gasteiger partial charge < -0.3 is 14.9 Å². The molecule has 10 rings (SSSR count). The average molecular weight is 961 g/mol. The van der Waals surface area contributed by atoms with E-state index in [0.717, 1.165) is 23.7 Å². The molecular weight excluding hydrogens is 887 g/mol. The molecule has 2 radical (unpaired) electrons. The van der Waals surface area contributed by atoms with Crippen LogP contribution < -0.4 is 0 Å². The summed E-state index contributed by atoms with van der Waals surface area (Å²) >= 11 is 1.36. The van der Waals surface area contributed by atoms with Crippen molar-refractivity contribution in [3.8, 4) is 22.3 Å². The zero-order valence-electron chi connectivity index (χ0n) is 38.1. The second-order valence-electron chi connectivity index (χ2n) is 18.7. The van der Waals surface area contributed by atoms with E-state index in [9.17, 15) is 0 Å². The number of rotatable bonds is 8. The van der Waals surface area contributed by atoms with E-state index in [-0.39, 0.29) is 39.7 Å². The maximum Gasteiger partial charge on any atom is -0.0162 e. The van der Waals surface area contributed by atoms with Crippen molar-refractivity contribution >= 4 is 53.2 Å². The number of benzene rings is 4. The van der Waals surface area contributed by atoms with Gasteiger partial charge in [-0.3, -0.25) is 0 Å². The van der Waals surface area contributed by atoms with Crippen LogP contribution in [0.3, 0.4) is 0 Å². The molecule has 0 nitrogen and oxygen atoms in total. The fourth-order valence-corrected chi connectivity index (χ4v) is 11.5. The van der Waals surface area contributed by atoms with E-state index >= 15 is 0 Å². The standard InChI is InChI=1S/2C28H33.2CH3.2ClH.Si.Zr/c2*1-3-8-21(9-4-1)18-22-19-26-12-7-13-27(28(26)20-22)25-16-14-24(15-17-25)23-10-5-2-6-11-23;;;;;;/h2*7,12-17,19-21,23H,1-6,8-11,18H2;2*1H3;2*1H;;/q4*-1;;;;. The topological polar surface area (TPSA) is 0 Å². The van der Waals surface area contributed by atoms with E-state index in [1.807, 2.05) is 0 Å². The minimum Gasteiger partial charge on any atom is -0.164 e. The van der Waals surface area contributed by atoms with Gasteiger partial charge in [0.25, 0.3) is 0 Å². The van der Waals surface area contributed by atoms with Crippen LogP contribution in [0, 0.1) is 26.7 Å². The third-order valence-electron chi connectivity index (χ3n) is 14.7. The van der Waals surface area contributed by atoms with E-state index in [1.165, 1.54) is 208 Å². The molecule has 0 atom stereocenters. The molecule has 4 heteroatoms. The first-order chi connectivity index (χ1) is 28.7. The Morgan fingerprint density at radius 3 is 1.08 bits per heavy atom. The number of halogens is 2. The molecule has 0 aliphatic heterocycles. The second kappa shape index (κ2) is 26.7. The minimum absolute atomic E-state index is 0. The van der Waals surface area contributed by atoms with Crippen LogP contribution in [0.25, 0.3) is 43.8 Å². The van der Waals surface area contributed by atoms with Gasteiger partial charge in [0.2, 0.25) is 0 Å². The third-order valence-corrected chi connectivity index (χ3v) is 14.7. The quantitative estimate of drug-likeness (QED) is 0.105. The van der Waals surface area contributed by atoms with E-state index in [4.69, 9.17) is 0 Å². The normalized spacial score (nSPS) is 17.5. The van der Waals surface area contributed by atoms with Crippen molar-refractivity contribution in [3.05, 3.63) is 146 Å². The Kier molecular flexibility index (Phi) is 22.5. The van der Waals surface area contributed by atoms with Crippen LogP contribution >= 0.6 is 24.8 Å². The molecule has 0 amide bonds. The Morgan fingerprint density at radius 2 is 0.742 bits per heavy atom. The summed E-state index contributed by atoms with van der Waals surface area (Å²) in [5.41, 5.74) is 11.8. The fourth-order valence-electron chi connectivity index (χ4n) is 11.5. The first-order valence-electron chi connectivity index (χ1n) is 23.6. The molecule has 0 saturated heterocycles. The van der Waals surface area contributed by atoms with E-state index < -0.39 is 0 Å². The third kappa shape index (κ3) is 13.4. The summed E-state index contributed by atoms with van der Waals surface area (Å²) in [7, 11) is 0. The van der Waals surface area contributed by atoms with Crippen molar-refractivity contribution in [2.45, 2.75) is 153 Å². The van der Waals surface area contributed by atoms with Crippen molar-refractivity contribution in [3.63, 3.8) is 0 Å². The van der Waals surface area contributed by atoms with Crippen LogP contribution in [0.1, 0.15) is 163 Å². The fraction of sp³-hybridized carbons (Fsp3) is 0.448. The summed E-state index contributed by atoms with van der Waals surface area (Å²) in [5, 5.41) is 5.72. The van der Waals surface area contributed by atoms with Crippen molar-refractivity contribution < 1.29 is 23.3 Å². The maximum atomic E-state index is 3.06. The molecule has 4 aliphatic rings. The van der Waals surface area contributed by atoms with Gasteiger partial charge in [0, 0.05) is 0 Å². The Balaban J connectivity index is 0.000000247. The van der Waals surface area contributed by atoms with Gasteiger partial charge in [-0.2, -0.15) is 12.1 Å². The summed E-state index contributed by atoms with van der Waals surface area (Å²) in [4.78, 5) is 0. The smallest absolute Gasteiger partial charge is 0.0162 e. The molecule has 0 unspecified atom stereocenters. The first-order valence-corrected chi connectivity index (χ1v) is 27.7. The van der Waals surface area contributed by atoms with Gasteiger partial charge in [-0.15, -0.1) is 93.9 Å². The van der Waals surface area contributed by atoms with Crippen LogP contribution in [0.5, 0.6) is 0 Å². The molecule has 0 N–H and O–H groups in total. The van der Waals surface area contributed by atoms with Crippen LogP contribution in [0.2, 0.25) is 0 Å². The van der Waals surface area contributed by atoms with E-state index in [2.05, 4.69) is 116 Å². The predicted molar refractivity (Wildman–Crippen MR) is 275 cm³/mol. The number of fused-ring (bicyclic) bond motifs is 2. The summed E-state index contributed by atoms with van der Waals surface area (Å²) in [6.45, 7) is 3.06. The van der Waals surface area contributed by atoms with Gasteiger partial charge in [0.05, 0.1) is 0 Å². The number of hydrogen-bond donors (Lipinski definition) is 0. The zero-order chi connectivity index (χ0) is 39.5. The Labute approximate surface area is 407 Å². The molecule has 332 valence electrons. The van der Waals surface area contributed by atoms with Gasteiger partial charge in [0.1, 0.15) is 0 Å². The maximum absolute atomic E-state index is 3.06. The van der Waals surface area contributed by atoms with Gasteiger partial charge in [0.15, 0.2) is 0 Å². The SMILES string of the molecule is Cl.Cl.[CH3-].[CH3-].[Si]=[Zr].c1cc(-c2ccc(C3CCCCC3)cc2)c2cc(CC3CCCCC3)[cH-]c2c1.c1cc(-c2ccc(C3CCCCC3)cc2)c2cc(CC3CCCCC3)[cH-]c2c1. The van der Waals surface area contributed by atoms with Crippen LogP contribution in [-0.2, 0) is 36.2 Å². The molecule has 62 heavy (non-hydrogen) atoms. The molecule has 0 spiro atoms. The van der Waals surface area contributed by atoms with Crippen molar-refractivity contribution in [2.24, 2.45) is 11.8 Å². The largest absolute Gasteiger partial charge is 0.164 e. The molecule has 4 saturated carbocycles. The second-order valence-corrected chi connectivity index (χ2v) is 18.7. The Morgan fingerprint density at radius 1 is 0.419 bits per heavy atom. The Bertz CT molecular complexity index is 2000. The predicted octanol–water partition coefficient (Wildman–Crippen LogP) is 18.2. The summed E-state index contributed by atoms with van der Waals surface area (Å²) in [6.07, 6.45) is 30.9. The number of hydrogen-bond acceptors (Lipinski definition) is 0. The summed E-state index contributed by atoms with van der Waals surface area (Å²) < 4.78 is 0. The molecule has 6 aromatic carbocycles. The zero-order valence-corrected chi connectivity index (χ0v) is 43.2. The van der Waals surface area contributed by atoms with Crippen LogP contribution in [0.15, 0.2) is 109 Å².